The number of phenols is 1. The van der Waals surface area contributed by atoms with Crippen LogP contribution in [0.5, 0.6) is 5.75 Å². The molecule has 2 N–H and O–H groups in total. The molecule has 0 spiro atoms. The standard InChI is InChI=1S/C14H17NO5/c1-3-19-13(17)10(14(18)20-4-2)9-15-11-7-5-6-8-12(11)16/h5-9,15-16H,3-4H2,1-2H3. The van der Waals surface area contributed by atoms with Gasteiger partial charge in [0.15, 0.2) is 5.57 Å². The Morgan fingerprint density at radius 3 is 2.20 bits per heavy atom. The predicted octanol–water partition coefficient (Wildman–Crippen LogP) is 1.81. The van der Waals surface area contributed by atoms with Crippen LogP contribution in [0.4, 0.5) is 5.69 Å². The smallest absolute Gasteiger partial charge is 0.347 e. The van der Waals surface area contributed by atoms with Gasteiger partial charge in [-0.3, -0.25) is 0 Å². The van der Waals surface area contributed by atoms with Crippen molar-refractivity contribution in [1.29, 1.82) is 0 Å². The second kappa shape index (κ2) is 7.83. The molecule has 0 saturated heterocycles. The number of ether oxygens (including phenoxy) is 2. The molecule has 0 bridgehead atoms. The van der Waals surface area contributed by atoms with Gasteiger partial charge in [-0.05, 0) is 26.0 Å². The lowest BCUT2D eigenvalue weighted by atomic mass is 10.2. The molecule has 0 saturated carbocycles. The summed E-state index contributed by atoms with van der Waals surface area (Å²) in [5.41, 5.74) is 0.0931. The van der Waals surface area contributed by atoms with Crippen LogP contribution in [0.2, 0.25) is 0 Å². The Kier molecular flexibility index (Phi) is 6.09. The van der Waals surface area contributed by atoms with Crippen molar-refractivity contribution in [1.82, 2.24) is 0 Å². The molecule has 6 nitrogen and oxygen atoms in total. The largest absolute Gasteiger partial charge is 0.506 e. The van der Waals surface area contributed by atoms with Crippen LogP contribution in [-0.4, -0.2) is 30.3 Å². The summed E-state index contributed by atoms with van der Waals surface area (Å²) in [4.78, 5) is 23.3. The van der Waals surface area contributed by atoms with Crippen molar-refractivity contribution >= 4 is 17.6 Å². The molecular formula is C14H17NO5. The van der Waals surface area contributed by atoms with Gasteiger partial charge in [-0.1, -0.05) is 12.1 Å². The average molecular weight is 279 g/mol. The lowest BCUT2D eigenvalue weighted by molar-refractivity contribution is -0.146. The molecule has 0 fully saturated rings. The van der Waals surface area contributed by atoms with Gasteiger partial charge in [0, 0.05) is 6.20 Å². The highest BCUT2D eigenvalue weighted by Crippen LogP contribution is 2.21. The molecule has 1 aromatic rings. The summed E-state index contributed by atoms with van der Waals surface area (Å²) in [7, 11) is 0. The van der Waals surface area contributed by atoms with Crippen LogP contribution in [0.1, 0.15) is 13.8 Å². The molecule has 0 aromatic heterocycles. The number of hydrogen-bond acceptors (Lipinski definition) is 6. The first-order valence-electron chi connectivity index (χ1n) is 6.19. The number of aromatic hydroxyl groups is 1. The summed E-state index contributed by atoms with van der Waals surface area (Å²) in [6.07, 6.45) is 1.16. The van der Waals surface area contributed by atoms with Gasteiger partial charge in [0.1, 0.15) is 5.75 Å². The Hall–Kier alpha value is -2.50. The third-order valence-corrected chi connectivity index (χ3v) is 2.27. The summed E-state index contributed by atoms with van der Waals surface area (Å²) in [6, 6.07) is 6.43. The average Bonchev–Trinajstić information content (AvgIpc) is 2.41. The molecule has 20 heavy (non-hydrogen) atoms. The zero-order chi connectivity index (χ0) is 15.0. The van der Waals surface area contributed by atoms with E-state index < -0.39 is 11.9 Å². The molecular weight excluding hydrogens is 262 g/mol. The Labute approximate surface area is 117 Å². The number of anilines is 1. The lowest BCUT2D eigenvalue weighted by Gasteiger charge is -2.08. The third kappa shape index (κ3) is 4.31. The second-order valence-electron chi connectivity index (χ2n) is 3.66. The molecule has 0 unspecified atom stereocenters. The van der Waals surface area contributed by atoms with Crippen LogP contribution < -0.4 is 5.32 Å². The maximum Gasteiger partial charge on any atom is 0.347 e. The number of nitrogens with one attached hydrogen (secondary N) is 1. The summed E-state index contributed by atoms with van der Waals surface area (Å²) in [6.45, 7) is 3.56. The molecule has 0 amide bonds. The fourth-order valence-electron chi connectivity index (χ4n) is 1.36. The van der Waals surface area contributed by atoms with Crippen molar-refractivity contribution in [3.05, 3.63) is 36.0 Å². The Morgan fingerprint density at radius 2 is 1.70 bits per heavy atom. The minimum Gasteiger partial charge on any atom is -0.506 e. The predicted molar refractivity (Wildman–Crippen MR) is 73.1 cm³/mol. The van der Waals surface area contributed by atoms with Crippen LogP contribution in [-0.2, 0) is 19.1 Å². The van der Waals surface area contributed by atoms with E-state index in [9.17, 15) is 14.7 Å². The Bertz CT molecular complexity index is 490. The number of phenolic OH excluding ortho intramolecular Hbond substituents is 1. The van der Waals surface area contributed by atoms with Gasteiger partial charge in [-0.15, -0.1) is 0 Å². The van der Waals surface area contributed by atoms with E-state index in [-0.39, 0.29) is 24.5 Å². The first-order valence-corrected chi connectivity index (χ1v) is 6.19. The van der Waals surface area contributed by atoms with E-state index in [1.807, 2.05) is 0 Å². The normalized spacial score (nSPS) is 9.50. The van der Waals surface area contributed by atoms with E-state index in [2.05, 4.69) is 5.32 Å². The molecule has 0 atom stereocenters. The number of rotatable bonds is 6. The van der Waals surface area contributed by atoms with E-state index in [1.54, 1.807) is 32.0 Å². The van der Waals surface area contributed by atoms with Gasteiger partial charge in [-0.2, -0.15) is 0 Å². The van der Waals surface area contributed by atoms with Crippen molar-refractivity contribution in [2.24, 2.45) is 0 Å². The molecule has 0 aliphatic carbocycles. The summed E-state index contributed by atoms with van der Waals surface area (Å²) in [5, 5.41) is 12.3. The van der Waals surface area contributed by atoms with Crippen molar-refractivity contribution in [3.8, 4) is 5.75 Å². The number of para-hydroxylation sites is 2. The van der Waals surface area contributed by atoms with Crippen LogP contribution in [0.25, 0.3) is 0 Å². The number of esters is 2. The topological polar surface area (TPSA) is 84.9 Å². The second-order valence-corrected chi connectivity index (χ2v) is 3.66. The molecule has 0 aliphatic heterocycles. The molecule has 0 radical (unpaired) electrons. The molecule has 1 aromatic carbocycles. The Balaban J connectivity index is 2.92. The maximum absolute atomic E-state index is 11.7. The van der Waals surface area contributed by atoms with E-state index in [0.717, 1.165) is 6.20 Å². The fourth-order valence-corrected chi connectivity index (χ4v) is 1.36. The highest BCUT2D eigenvalue weighted by molar-refractivity contribution is 6.14. The summed E-state index contributed by atoms with van der Waals surface area (Å²) in [5.74, 6) is -1.57. The van der Waals surface area contributed by atoms with E-state index in [1.165, 1.54) is 6.07 Å². The SMILES string of the molecule is CCOC(=O)C(=CNc1ccccc1O)C(=O)OCC. The summed E-state index contributed by atoms with van der Waals surface area (Å²) < 4.78 is 9.56. The van der Waals surface area contributed by atoms with E-state index in [0.29, 0.717) is 5.69 Å². The zero-order valence-corrected chi connectivity index (χ0v) is 11.4. The van der Waals surface area contributed by atoms with E-state index >= 15 is 0 Å². The minimum atomic E-state index is -0.783. The van der Waals surface area contributed by atoms with Gasteiger partial charge in [0.2, 0.25) is 0 Å². The molecule has 6 heteroatoms. The van der Waals surface area contributed by atoms with Gasteiger partial charge in [-0.25, -0.2) is 9.59 Å². The van der Waals surface area contributed by atoms with Gasteiger partial charge >= 0.3 is 11.9 Å². The van der Waals surface area contributed by atoms with Crippen molar-refractivity contribution in [3.63, 3.8) is 0 Å². The monoisotopic (exact) mass is 279 g/mol. The van der Waals surface area contributed by atoms with Crippen LogP contribution in [0, 0.1) is 0 Å². The van der Waals surface area contributed by atoms with Crippen molar-refractivity contribution in [2.45, 2.75) is 13.8 Å². The van der Waals surface area contributed by atoms with Crippen LogP contribution in [0.15, 0.2) is 36.0 Å². The minimum absolute atomic E-state index is 0.00387. The third-order valence-electron chi connectivity index (χ3n) is 2.27. The summed E-state index contributed by atoms with van der Waals surface area (Å²) >= 11 is 0. The van der Waals surface area contributed by atoms with E-state index in [4.69, 9.17) is 9.47 Å². The van der Waals surface area contributed by atoms with Gasteiger partial charge in [0.05, 0.1) is 18.9 Å². The number of carbonyl (C=O) groups is 2. The molecule has 0 aliphatic rings. The van der Waals surface area contributed by atoms with Gasteiger partial charge < -0.3 is 19.9 Å². The Morgan fingerprint density at radius 1 is 1.15 bits per heavy atom. The van der Waals surface area contributed by atoms with Crippen molar-refractivity contribution < 1.29 is 24.2 Å². The van der Waals surface area contributed by atoms with Crippen LogP contribution in [0.3, 0.4) is 0 Å². The molecule has 108 valence electrons. The van der Waals surface area contributed by atoms with Crippen molar-refractivity contribution in [2.75, 3.05) is 18.5 Å². The van der Waals surface area contributed by atoms with Gasteiger partial charge in [0.25, 0.3) is 0 Å². The first kappa shape index (κ1) is 15.6. The van der Waals surface area contributed by atoms with Crippen LogP contribution >= 0.6 is 0 Å². The molecule has 0 heterocycles. The fraction of sp³-hybridized carbons (Fsp3) is 0.286. The molecule has 1 rings (SSSR count). The highest BCUT2D eigenvalue weighted by atomic mass is 16.6. The number of hydrogen-bond donors (Lipinski definition) is 2. The highest BCUT2D eigenvalue weighted by Gasteiger charge is 2.21. The number of carbonyl (C=O) groups excluding carboxylic acids is 2. The number of benzene rings is 1. The first-order chi connectivity index (χ1) is 9.60. The lowest BCUT2D eigenvalue weighted by Crippen LogP contribution is -2.19. The zero-order valence-electron chi connectivity index (χ0n) is 11.4. The quantitative estimate of drug-likeness (QED) is 0.271. The maximum atomic E-state index is 11.7.